The van der Waals surface area contributed by atoms with Crippen molar-refractivity contribution in [2.45, 2.75) is 44.7 Å². The molecule has 4 rings (SSSR count). The Hall–Kier alpha value is -2.24. The van der Waals surface area contributed by atoms with Crippen molar-refractivity contribution in [3.8, 4) is 0 Å². The Morgan fingerprint density at radius 1 is 1.14 bits per heavy atom. The molecule has 4 nitrogen and oxygen atoms in total. The van der Waals surface area contributed by atoms with E-state index in [1.165, 1.54) is 9.71 Å². The third-order valence-electron chi connectivity index (χ3n) is 5.63. The van der Waals surface area contributed by atoms with E-state index in [-0.39, 0.29) is 11.9 Å². The molecule has 0 saturated carbocycles. The van der Waals surface area contributed by atoms with Crippen molar-refractivity contribution in [3.05, 3.63) is 65.2 Å². The van der Waals surface area contributed by atoms with Crippen molar-refractivity contribution < 1.29 is 4.79 Å². The molecule has 1 N–H and O–H groups in total. The molecule has 1 fully saturated rings. The van der Waals surface area contributed by atoms with E-state index in [0.29, 0.717) is 12.5 Å². The molecule has 1 aromatic heterocycles. The summed E-state index contributed by atoms with van der Waals surface area (Å²) in [5, 5.41) is 4.37. The molecule has 1 aliphatic rings. The van der Waals surface area contributed by atoms with Gasteiger partial charge in [0.05, 0.1) is 21.3 Å². The van der Waals surface area contributed by atoms with Crippen LogP contribution in [0.15, 0.2) is 54.6 Å². The summed E-state index contributed by atoms with van der Waals surface area (Å²) in [6.07, 6.45) is 2.98. The molecule has 0 radical (unpaired) electrons. The van der Waals surface area contributed by atoms with Gasteiger partial charge in [-0.05, 0) is 50.0 Å². The highest BCUT2D eigenvalue weighted by atomic mass is 32.1. The molecule has 0 bridgehead atoms. The smallest absolute Gasteiger partial charge is 0.237 e. The predicted octanol–water partition coefficient (Wildman–Crippen LogP) is 4.57. The summed E-state index contributed by atoms with van der Waals surface area (Å²) < 4.78 is 1.27. The number of hydrogen-bond acceptors (Lipinski definition) is 4. The monoisotopic (exact) mass is 393 g/mol. The van der Waals surface area contributed by atoms with Gasteiger partial charge < -0.3 is 5.32 Å². The van der Waals surface area contributed by atoms with Gasteiger partial charge in [0.1, 0.15) is 0 Å². The average molecular weight is 394 g/mol. The lowest BCUT2D eigenvalue weighted by molar-refractivity contribution is -0.127. The summed E-state index contributed by atoms with van der Waals surface area (Å²) >= 11 is 1.82. The number of nitrogens with zero attached hydrogens (tertiary/aromatic N) is 2. The maximum absolute atomic E-state index is 12.8. The molecule has 5 heteroatoms. The van der Waals surface area contributed by atoms with Crippen LogP contribution in [0.5, 0.6) is 0 Å². The molecule has 3 aromatic rings. The lowest BCUT2D eigenvalue weighted by Crippen LogP contribution is -2.49. The second-order valence-electron chi connectivity index (χ2n) is 7.46. The van der Waals surface area contributed by atoms with E-state index in [0.717, 1.165) is 43.4 Å². The number of benzene rings is 2. The third-order valence-corrected chi connectivity index (χ3v) is 6.83. The van der Waals surface area contributed by atoms with Crippen molar-refractivity contribution in [2.24, 2.45) is 0 Å². The number of aromatic nitrogens is 1. The fourth-order valence-electron chi connectivity index (χ4n) is 4.04. The van der Waals surface area contributed by atoms with Gasteiger partial charge in [-0.2, -0.15) is 0 Å². The lowest BCUT2D eigenvalue weighted by Gasteiger charge is -2.36. The van der Waals surface area contributed by atoms with Crippen LogP contribution in [0.3, 0.4) is 0 Å². The Morgan fingerprint density at radius 3 is 2.57 bits per heavy atom. The van der Waals surface area contributed by atoms with Gasteiger partial charge in [-0.25, -0.2) is 4.98 Å². The molecule has 1 atom stereocenters. The Bertz CT molecular complexity index is 883. The van der Waals surface area contributed by atoms with Gasteiger partial charge in [-0.15, -0.1) is 11.3 Å². The first-order valence-corrected chi connectivity index (χ1v) is 11.0. The Morgan fingerprint density at radius 2 is 1.86 bits per heavy atom. The molecule has 1 unspecified atom stereocenters. The number of carbonyl (C=O) groups excluding carboxylic acids is 1. The zero-order valence-electron chi connectivity index (χ0n) is 16.3. The number of hydrogen-bond donors (Lipinski definition) is 1. The van der Waals surface area contributed by atoms with E-state index >= 15 is 0 Å². The van der Waals surface area contributed by atoms with Crippen LogP contribution < -0.4 is 5.32 Å². The van der Waals surface area contributed by atoms with Gasteiger partial charge in [-0.3, -0.25) is 9.69 Å². The molecule has 28 heavy (non-hydrogen) atoms. The largest absolute Gasteiger partial charge is 0.351 e. The number of carbonyl (C=O) groups is 1. The predicted molar refractivity (Wildman–Crippen MR) is 116 cm³/mol. The number of amides is 1. The molecule has 0 spiro atoms. The number of piperidine rings is 1. The fourth-order valence-corrected chi connectivity index (χ4v) is 5.17. The maximum atomic E-state index is 12.8. The normalized spacial score (nSPS) is 16.9. The van der Waals surface area contributed by atoms with E-state index in [1.807, 2.05) is 47.7 Å². The molecule has 146 valence electrons. The van der Waals surface area contributed by atoms with E-state index in [1.54, 1.807) is 0 Å². The molecule has 0 aliphatic carbocycles. The van der Waals surface area contributed by atoms with Gasteiger partial charge >= 0.3 is 0 Å². The number of rotatable bonds is 6. The summed E-state index contributed by atoms with van der Waals surface area (Å²) in [4.78, 5) is 19.9. The summed E-state index contributed by atoms with van der Waals surface area (Å²) in [5.74, 6) is 0.656. The third kappa shape index (κ3) is 4.26. The van der Waals surface area contributed by atoms with E-state index in [4.69, 9.17) is 4.98 Å². The molecule has 1 amide bonds. The first-order valence-electron chi connectivity index (χ1n) is 10.2. The summed E-state index contributed by atoms with van der Waals surface area (Å²) in [7, 11) is 0. The van der Waals surface area contributed by atoms with Crippen molar-refractivity contribution >= 4 is 27.5 Å². The highest BCUT2D eigenvalue weighted by Crippen LogP contribution is 2.34. The minimum atomic E-state index is -0.0416. The number of likely N-dealkylation sites (tertiary alicyclic amines) is 1. The van der Waals surface area contributed by atoms with Crippen LogP contribution in [-0.4, -0.2) is 34.9 Å². The number of thiazole rings is 1. The van der Waals surface area contributed by atoms with Crippen LogP contribution in [0.25, 0.3) is 10.2 Å². The van der Waals surface area contributed by atoms with Crippen LogP contribution in [0.1, 0.15) is 42.7 Å². The first kappa shape index (κ1) is 19.1. The SMILES string of the molecule is CCC(C(=O)NCc1ccccc1)N1CCC(c2nc3ccccc3s2)CC1. The van der Waals surface area contributed by atoms with E-state index in [2.05, 4.69) is 35.3 Å². The minimum absolute atomic E-state index is 0.0416. The maximum Gasteiger partial charge on any atom is 0.237 e. The average Bonchev–Trinajstić information content (AvgIpc) is 3.18. The van der Waals surface area contributed by atoms with E-state index < -0.39 is 0 Å². The van der Waals surface area contributed by atoms with Crippen LogP contribution >= 0.6 is 11.3 Å². The molecule has 2 aromatic carbocycles. The van der Waals surface area contributed by atoms with Gasteiger partial charge in [0.25, 0.3) is 0 Å². The van der Waals surface area contributed by atoms with Crippen molar-refractivity contribution in [3.63, 3.8) is 0 Å². The fraction of sp³-hybridized carbons (Fsp3) is 0.391. The minimum Gasteiger partial charge on any atom is -0.351 e. The Balaban J connectivity index is 1.34. The van der Waals surface area contributed by atoms with Gasteiger partial charge in [0.2, 0.25) is 5.91 Å². The molecular formula is C23H27N3OS. The molecule has 1 aliphatic heterocycles. The van der Waals surface area contributed by atoms with Crippen LogP contribution in [0.4, 0.5) is 0 Å². The van der Waals surface area contributed by atoms with Gasteiger partial charge in [0, 0.05) is 12.5 Å². The van der Waals surface area contributed by atoms with Gasteiger partial charge in [0.15, 0.2) is 0 Å². The summed E-state index contributed by atoms with van der Waals surface area (Å²) in [5.41, 5.74) is 2.25. The first-order chi connectivity index (χ1) is 13.7. The topological polar surface area (TPSA) is 45.2 Å². The van der Waals surface area contributed by atoms with Crippen molar-refractivity contribution in [2.75, 3.05) is 13.1 Å². The van der Waals surface area contributed by atoms with E-state index in [9.17, 15) is 4.79 Å². The highest BCUT2D eigenvalue weighted by molar-refractivity contribution is 7.18. The number of fused-ring (bicyclic) bond motifs is 1. The lowest BCUT2D eigenvalue weighted by atomic mass is 9.95. The van der Waals surface area contributed by atoms with Gasteiger partial charge in [-0.1, -0.05) is 49.4 Å². The zero-order valence-corrected chi connectivity index (χ0v) is 17.1. The highest BCUT2D eigenvalue weighted by Gasteiger charge is 2.30. The second-order valence-corrected chi connectivity index (χ2v) is 8.52. The van der Waals surface area contributed by atoms with Crippen molar-refractivity contribution in [1.82, 2.24) is 15.2 Å². The van der Waals surface area contributed by atoms with Crippen LogP contribution in [0, 0.1) is 0 Å². The molecule has 1 saturated heterocycles. The number of nitrogens with one attached hydrogen (secondary N) is 1. The second kappa shape index (κ2) is 8.84. The quantitative estimate of drug-likeness (QED) is 0.667. The molecule has 2 heterocycles. The zero-order chi connectivity index (χ0) is 19.3. The van der Waals surface area contributed by atoms with Crippen LogP contribution in [0.2, 0.25) is 0 Å². The summed E-state index contributed by atoms with van der Waals surface area (Å²) in [6.45, 7) is 4.61. The summed E-state index contributed by atoms with van der Waals surface area (Å²) in [6, 6.07) is 18.4. The molecular weight excluding hydrogens is 366 g/mol. The Kier molecular flexibility index (Phi) is 6.03. The van der Waals surface area contributed by atoms with Crippen molar-refractivity contribution in [1.29, 1.82) is 0 Å². The number of para-hydroxylation sites is 1. The Labute approximate surface area is 170 Å². The standard InChI is InChI=1S/C23H27N3OS/c1-2-20(22(27)24-16-17-8-4-3-5-9-17)26-14-12-18(13-15-26)23-25-19-10-6-7-11-21(19)28-23/h3-11,18,20H,2,12-16H2,1H3,(H,24,27). The van der Waals surface area contributed by atoms with Crippen LogP contribution in [-0.2, 0) is 11.3 Å².